The number of hydrogen-bond acceptors (Lipinski definition) is 8. The van der Waals surface area contributed by atoms with Crippen LogP contribution in [0.2, 0.25) is 0 Å². The number of nitrogens with zero attached hydrogens (tertiary/aromatic N) is 2. The minimum absolute atomic E-state index is 0.0618. The van der Waals surface area contributed by atoms with Gasteiger partial charge in [0.05, 0.1) is 31.4 Å². The van der Waals surface area contributed by atoms with Crippen LogP contribution in [0.25, 0.3) is 0 Å². The predicted molar refractivity (Wildman–Crippen MR) is 125 cm³/mol. The number of esters is 1. The van der Waals surface area contributed by atoms with Gasteiger partial charge < -0.3 is 9.47 Å². The van der Waals surface area contributed by atoms with Crippen LogP contribution in [-0.4, -0.2) is 49.8 Å². The maximum atomic E-state index is 13.2. The lowest BCUT2D eigenvalue weighted by Gasteiger charge is -2.16. The lowest BCUT2D eigenvalue weighted by Crippen LogP contribution is -2.29. The van der Waals surface area contributed by atoms with Gasteiger partial charge in [-0.25, -0.2) is 13.2 Å². The van der Waals surface area contributed by atoms with Gasteiger partial charge in [0.1, 0.15) is 16.3 Å². The summed E-state index contributed by atoms with van der Waals surface area (Å²) < 4.78 is 38.9. The van der Waals surface area contributed by atoms with E-state index >= 15 is 0 Å². The molecule has 180 valence electrons. The molecule has 1 aliphatic heterocycles. The fourth-order valence-electron chi connectivity index (χ4n) is 3.57. The van der Waals surface area contributed by atoms with Crippen LogP contribution < -0.4 is 9.46 Å². The second-order valence-electron chi connectivity index (χ2n) is 7.48. The molecule has 0 atom stereocenters. The topological polar surface area (TPSA) is 132 Å². The summed E-state index contributed by atoms with van der Waals surface area (Å²) in [6.07, 6.45) is 1.43. The SMILES string of the molecule is CCOC(=O)c1ccc(NS(=O)(=O)c2cc(CN3C(=O)c4cccnc4C3=O)ccc2OC)cc1. The molecule has 3 aromatic rings. The molecule has 2 amide bonds. The largest absolute Gasteiger partial charge is 0.495 e. The van der Waals surface area contributed by atoms with Crippen molar-refractivity contribution in [3.8, 4) is 5.75 Å². The van der Waals surface area contributed by atoms with Gasteiger partial charge in [-0.3, -0.25) is 24.2 Å². The Morgan fingerprint density at radius 1 is 1.06 bits per heavy atom. The fourth-order valence-corrected chi connectivity index (χ4v) is 4.85. The third-order valence-corrected chi connectivity index (χ3v) is 6.64. The Balaban J connectivity index is 1.58. The third-order valence-electron chi connectivity index (χ3n) is 5.24. The number of hydrogen-bond donors (Lipinski definition) is 1. The molecule has 2 heterocycles. The molecule has 35 heavy (non-hydrogen) atoms. The van der Waals surface area contributed by atoms with E-state index in [0.717, 1.165) is 4.90 Å². The number of sulfonamides is 1. The van der Waals surface area contributed by atoms with E-state index in [4.69, 9.17) is 9.47 Å². The summed E-state index contributed by atoms with van der Waals surface area (Å²) in [5.41, 5.74) is 1.17. The van der Waals surface area contributed by atoms with Gasteiger partial charge in [-0.05, 0) is 61.0 Å². The first kappa shape index (κ1) is 23.9. The minimum atomic E-state index is -4.13. The Morgan fingerprint density at radius 3 is 2.46 bits per heavy atom. The Morgan fingerprint density at radius 2 is 1.80 bits per heavy atom. The van der Waals surface area contributed by atoms with E-state index in [2.05, 4.69) is 9.71 Å². The molecule has 0 saturated carbocycles. The normalized spacial score (nSPS) is 12.9. The summed E-state index contributed by atoms with van der Waals surface area (Å²) in [7, 11) is -2.80. The molecule has 0 spiro atoms. The van der Waals surface area contributed by atoms with Crippen LogP contribution in [-0.2, 0) is 21.3 Å². The number of fused-ring (bicyclic) bond motifs is 1. The van der Waals surface area contributed by atoms with Crippen LogP contribution in [0, 0.1) is 0 Å². The lowest BCUT2D eigenvalue weighted by molar-refractivity contribution is 0.0525. The molecule has 2 aromatic carbocycles. The van der Waals surface area contributed by atoms with Gasteiger partial charge in [0.15, 0.2) is 0 Å². The molecule has 11 heteroatoms. The van der Waals surface area contributed by atoms with E-state index in [-0.39, 0.29) is 46.3 Å². The van der Waals surface area contributed by atoms with Gasteiger partial charge >= 0.3 is 5.97 Å². The lowest BCUT2D eigenvalue weighted by atomic mass is 10.2. The Kier molecular flexibility index (Phi) is 6.52. The summed E-state index contributed by atoms with van der Waals surface area (Å²) >= 11 is 0. The number of nitrogens with one attached hydrogen (secondary N) is 1. The van der Waals surface area contributed by atoms with Crippen LogP contribution in [0.4, 0.5) is 5.69 Å². The second kappa shape index (κ2) is 9.55. The first-order chi connectivity index (χ1) is 16.7. The van der Waals surface area contributed by atoms with E-state index in [0.29, 0.717) is 5.56 Å². The molecule has 1 N–H and O–H groups in total. The highest BCUT2D eigenvalue weighted by molar-refractivity contribution is 7.92. The molecule has 1 aromatic heterocycles. The molecule has 0 unspecified atom stereocenters. The van der Waals surface area contributed by atoms with Crippen LogP contribution in [0.3, 0.4) is 0 Å². The van der Waals surface area contributed by atoms with Crippen molar-refractivity contribution in [1.29, 1.82) is 0 Å². The van der Waals surface area contributed by atoms with Crippen molar-refractivity contribution in [1.82, 2.24) is 9.88 Å². The number of rotatable bonds is 8. The van der Waals surface area contributed by atoms with Crippen LogP contribution in [0.15, 0.2) is 65.7 Å². The standard InChI is InChI=1S/C24H21N3O7S/c1-3-34-24(30)16-7-9-17(10-8-16)26-35(31,32)20-13-15(6-11-19(20)33-2)14-27-22(28)18-5-4-12-25-21(18)23(27)29/h4-13,26H,3,14H2,1-2H3. The van der Waals surface area contributed by atoms with Crippen LogP contribution in [0.1, 0.15) is 43.7 Å². The number of pyridine rings is 1. The first-order valence-electron chi connectivity index (χ1n) is 10.5. The maximum Gasteiger partial charge on any atom is 0.338 e. The Labute approximate surface area is 201 Å². The summed E-state index contributed by atoms with van der Waals surface area (Å²) in [4.78, 5) is 41.9. The van der Waals surface area contributed by atoms with Gasteiger partial charge in [0, 0.05) is 11.9 Å². The fraction of sp³-hybridized carbons (Fsp3) is 0.167. The molecule has 0 saturated heterocycles. The van der Waals surface area contributed by atoms with Gasteiger partial charge in [-0.15, -0.1) is 0 Å². The average Bonchev–Trinajstić information content (AvgIpc) is 3.09. The zero-order valence-corrected chi connectivity index (χ0v) is 19.7. The number of benzene rings is 2. The summed E-state index contributed by atoms with van der Waals surface area (Å²) in [5.74, 6) is -1.49. The van der Waals surface area contributed by atoms with Crippen molar-refractivity contribution < 1.29 is 32.3 Å². The number of carbonyl (C=O) groups excluding carboxylic acids is 3. The van der Waals surface area contributed by atoms with Crippen molar-refractivity contribution >= 4 is 33.5 Å². The van der Waals surface area contributed by atoms with Crippen molar-refractivity contribution in [3.05, 3.63) is 83.2 Å². The van der Waals surface area contributed by atoms with E-state index in [1.807, 2.05) is 0 Å². The minimum Gasteiger partial charge on any atom is -0.495 e. The van der Waals surface area contributed by atoms with Gasteiger partial charge in [-0.1, -0.05) is 6.07 Å². The third kappa shape index (κ3) is 4.71. The summed E-state index contributed by atoms with van der Waals surface area (Å²) in [6, 6.07) is 13.2. The molecule has 0 radical (unpaired) electrons. The smallest absolute Gasteiger partial charge is 0.338 e. The van der Waals surface area contributed by atoms with Gasteiger partial charge in [0.25, 0.3) is 21.8 Å². The number of amides is 2. The number of anilines is 1. The number of methoxy groups -OCH3 is 1. The van der Waals surface area contributed by atoms with Crippen molar-refractivity contribution in [2.75, 3.05) is 18.4 Å². The van der Waals surface area contributed by atoms with Gasteiger partial charge in [0.2, 0.25) is 0 Å². The molecule has 0 fully saturated rings. The van der Waals surface area contributed by atoms with Crippen molar-refractivity contribution in [2.24, 2.45) is 0 Å². The average molecular weight is 496 g/mol. The highest BCUT2D eigenvalue weighted by Crippen LogP contribution is 2.29. The maximum absolute atomic E-state index is 13.2. The number of aromatic nitrogens is 1. The second-order valence-corrected chi connectivity index (χ2v) is 9.14. The van der Waals surface area contributed by atoms with E-state index in [1.165, 1.54) is 55.8 Å². The molecular weight excluding hydrogens is 474 g/mol. The monoisotopic (exact) mass is 495 g/mol. The zero-order chi connectivity index (χ0) is 25.2. The highest BCUT2D eigenvalue weighted by Gasteiger charge is 2.36. The molecule has 0 bridgehead atoms. The Hall–Kier alpha value is -4.25. The summed E-state index contributed by atoms with van der Waals surface area (Å²) in [5, 5.41) is 0. The number of carbonyl (C=O) groups is 3. The van der Waals surface area contributed by atoms with E-state index in [1.54, 1.807) is 19.1 Å². The molecule has 4 rings (SSSR count). The van der Waals surface area contributed by atoms with Crippen molar-refractivity contribution in [3.63, 3.8) is 0 Å². The molecule has 10 nitrogen and oxygen atoms in total. The predicted octanol–water partition coefficient (Wildman–Crippen LogP) is 2.86. The quantitative estimate of drug-likeness (QED) is 0.373. The van der Waals surface area contributed by atoms with Gasteiger partial charge in [-0.2, -0.15) is 0 Å². The molecule has 0 aliphatic carbocycles. The molecular formula is C24H21N3O7S. The number of imide groups is 1. The Bertz CT molecular complexity index is 1380. The van der Waals surface area contributed by atoms with E-state index in [9.17, 15) is 22.8 Å². The van der Waals surface area contributed by atoms with Crippen molar-refractivity contribution in [2.45, 2.75) is 18.4 Å². The zero-order valence-electron chi connectivity index (χ0n) is 18.8. The van der Waals surface area contributed by atoms with Crippen LogP contribution in [0.5, 0.6) is 5.75 Å². The van der Waals surface area contributed by atoms with E-state index < -0.39 is 27.8 Å². The first-order valence-corrected chi connectivity index (χ1v) is 12.0. The van der Waals surface area contributed by atoms with Crippen LogP contribution >= 0.6 is 0 Å². The summed E-state index contributed by atoms with van der Waals surface area (Å²) in [6.45, 7) is 1.77. The molecule has 1 aliphatic rings. The highest BCUT2D eigenvalue weighted by atomic mass is 32.2. The number of ether oxygens (including phenoxy) is 2.